The number of hydrogen-bond donors (Lipinski definition) is 0. The molecule has 0 nitrogen and oxygen atoms in total. The number of hydrogen-bond acceptors (Lipinski definition) is 0. The zero-order chi connectivity index (χ0) is 7.66. The molecule has 0 saturated carbocycles. The number of rotatable bonds is 7. The molecule has 0 aliphatic carbocycles. The number of unbranched alkanes of at least 4 members (excludes halogenated alkanes) is 7. The summed E-state index contributed by atoms with van der Waals surface area (Å²) in [6.45, 7) is 7.56. The van der Waals surface area contributed by atoms with Gasteiger partial charge >= 0.3 is 0 Å². The van der Waals surface area contributed by atoms with Gasteiger partial charge in [-0.1, -0.05) is 58.8 Å². The fraction of sp³-hybridized carbons (Fsp3) is 0.700. The van der Waals surface area contributed by atoms with Gasteiger partial charge in [0.05, 0.1) is 0 Å². The van der Waals surface area contributed by atoms with Crippen molar-refractivity contribution < 1.29 is 0 Å². The predicted octanol–water partition coefficient (Wildman–Crippen LogP) is 3.59. The van der Waals surface area contributed by atoms with Crippen LogP contribution in [0.15, 0.2) is 0 Å². The van der Waals surface area contributed by atoms with Crippen LogP contribution in [0.1, 0.15) is 44.9 Å². The third kappa shape index (κ3) is 8.00. The fourth-order valence-corrected chi connectivity index (χ4v) is 0.963. The average Bonchev–Trinajstić information content (AvgIpc) is 1.97. The van der Waals surface area contributed by atoms with E-state index in [1.807, 2.05) is 0 Å². The van der Waals surface area contributed by atoms with Gasteiger partial charge in [-0.2, -0.15) is 0 Å². The van der Waals surface area contributed by atoms with Crippen LogP contribution in [0.25, 0.3) is 0 Å². The Morgan fingerprint density at radius 2 is 1.60 bits per heavy atom. The minimum Gasteiger partial charge on any atom is -0.0533 e. The molecule has 0 heteroatoms. The Morgan fingerprint density at radius 3 is 2.20 bits per heavy atom. The van der Waals surface area contributed by atoms with Crippen molar-refractivity contribution in [2.75, 3.05) is 0 Å². The summed E-state index contributed by atoms with van der Waals surface area (Å²) in [5.74, 6) is 0. The Bertz CT molecular complexity index is 40.0. The molecule has 0 aliphatic rings. The summed E-state index contributed by atoms with van der Waals surface area (Å²) in [7, 11) is 0. The van der Waals surface area contributed by atoms with Crippen LogP contribution < -0.4 is 0 Å². The maximum atomic E-state index is 3.80. The van der Waals surface area contributed by atoms with Crippen molar-refractivity contribution in [3.05, 3.63) is 20.3 Å². The van der Waals surface area contributed by atoms with Crippen molar-refractivity contribution in [3.8, 4) is 0 Å². The van der Waals surface area contributed by atoms with E-state index in [2.05, 4.69) is 20.3 Å². The molecule has 0 aromatic rings. The molecule has 0 aromatic carbocycles. The summed E-state index contributed by atoms with van der Waals surface area (Å²) in [6, 6.07) is 0. The smallest absolute Gasteiger partial charge is 0.0386 e. The molecule has 0 heterocycles. The first kappa shape index (κ1) is 10.0. The van der Waals surface area contributed by atoms with E-state index in [4.69, 9.17) is 0 Å². The standard InChI is InChI=1S/C10H19/c1-3-5-7-9-10-8-6-4-2/h5H,1-4,6-10H2. The summed E-state index contributed by atoms with van der Waals surface area (Å²) >= 11 is 0. The van der Waals surface area contributed by atoms with Gasteiger partial charge in [0.2, 0.25) is 0 Å². The van der Waals surface area contributed by atoms with E-state index in [0.29, 0.717) is 0 Å². The van der Waals surface area contributed by atoms with Crippen molar-refractivity contribution in [2.45, 2.75) is 44.9 Å². The van der Waals surface area contributed by atoms with Gasteiger partial charge in [-0.05, 0) is 6.42 Å². The minimum atomic E-state index is 0.981. The fourth-order valence-electron chi connectivity index (χ4n) is 0.963. The van der Waals surface area contributed by atoms with E-state index in [1.165, 1.54) is 32.1 Å². The lowest BCUT2D eigenvalue weighted by molar-refractivity contribution is 0.638. The molecule has 10 heavy (non-hydrogen) atoms. The van der Waals surface area contributed by atoms with Crippen molar-refractivity contribution in [1.82, 2.24) is 0 Å². The molecule has 0 aliphatic heterocycles. The van der Waals surface area contributed by atoms with Crippen LogP contribution in [0, 0.1) is 20.3 Å². The lowest BCUT2D eigenvalue weighted by atomic mass is 10.1. The zero-order valence-corrected chi connectivity index (χ0v) is 6.94. The van der Waals surface area contributed by atoms with Gasteiger partial charge in [0.25, 0.3) is 0 Å². The topological polar surface area (TPSA) is 0 Å². The molecule has 0 unspecified atom stereocenters. The average molecular weight is 139 g/mol. The van der Waals surface area contributed by atoms with Crippen LogP contribution in [0.5, 0.6) is 0 Å². The van der Waals surface area contributed by atoms with Crippen LogP contribution in [0.3, 0.4) is 0 Å². The predicted molar refractivity (Wildman–Crippen MR) is 47.3 cm³/mol. The zero-order valence-electron chi connectivity index (χ0n) is 6.94. The Hall–Kier alpha value is 0. The summed E-state index contributed by atoms with van der Waals surface area (Å²) in [6.07, 6.45) is 10.9. The highest BCUT2D eigenvalue weighted by molar-refractivity contribution is 4.64. The van der Waals surface area contributed by atoms with E-state index >= 15 is 0 Å². The van der Waals surface area contributed by atoms with Gasteiger partial charge in [0.1, 0.15) is 0 Å². The van der Waals surface area contributed by atoms with Gasteiger partial charge in [0.15, 0.2) is 0 Å². The summed E-state index contributed by atoms with van der Waals surface area (Å²) in [4.78, 5) is 0. The SMILES string of the molecule is [CH2]C[CH]CCCCCC[CH2]. The molecule has 0 atom stereocenters. The van der Waals surface area contributed by atoms with E-state index in [1.54, 1.807) is 0 Å². The quantitative estimate of drug-likeness (QED) is 0.473. The molecular weight excluding hydrogens is 120 g/mol. The Kier molecular flexibility index (Phi) is 9.00. The second-order valence-electron chi connectivity index (χ2n) is 2.63. The second-order valence-corrected chi connectivity index (χ2v) is 2.63. The van der Waals surface area contributed by atoms with Crippen molar-refractivity contribution in [1.29, 1.82) is 0 Å². The highest BCUT2D eigenvalue weighted by Gasteiger charge is 1.87. The lowest BCUT2D eigenvalue weighted by Gasteiger charge is -1.97. The van der Waals surface area contributed by atoms with E-state index in [9.17, 15) is 0 Å². The minimum absolute atomic E-state index is 0.981. The van der Waals surface area contributed by atoms with Crippen molar-refractivity contribution in [2.24, 2.45) is 0 Å². The van der Waals surface area contributed by atoms with Crippen LogP contribution in [-0.2, 0) is 0 Å². The summed E-state index contributed by atoms with van der Waals surface area (Å²) < 4.78 is 0. The van der Waals surface area contributed by atoms with Crippen LogP contribution in [0.2, 0.25) is 0 Å². The van der Waals surface area contributed by atoms with Crippen molar-refractivity contribution in [3.63, 3.8) is 0 Å². The highest BCUT2D eigenvalue weighted by Crippen LogP contribution is 2.06. The third-order valence-corrected chi connectivity index (χ3v) is 1.61. The van der Waals surface area contributed by atoms with Gasteiger partial charge in [-0.25, -0.2) is 0 Å². The van der Waals surface area contributed by atoms with E-state index in [0.717, 1.165) is 12.8 Å². The Morgan fingerprint density at radius 1 is 0.900 bits per heavy atom. The molecule has 0 amide bonds. The highest BCUT2D eigenvalue weighted by atomic mass is 13.9. The maximum absolute atomic E-state index is 3.80. The van der Waals surface area contributed by atoms with Crippen LogP contribution >= 0.6 is 0 Å². The second kappa shape index (κ2) is 9.00. The molecule has 0 bridgehead atoms. The summed E-state index contributed by atoms with van der Waals surface area (Å²) in [5, 5.41) is 0. The first-order valence-electron chi connectivity index (χ1n) is 4.32. The van der Waals surface area contributed by atoms with Crippen molar-refractivity contribution >= 4 is 0 Å². The largest absolute Gasteiger partial charge is 0.0533 e. The van der Waals surface area contributed by atoms with Gasteiger partial charge in [-0.3, -0.25) is 0 Å². The molecule has 0 spiro atoms. The first-order valence-corrected chi connectivity index (χ1v) is 4.32. The molecule has 0 aromatic heterocycles. The molecular formula is C10H19. The Balaban J connectivity index is 2.65. The molecule has 0 N–H and O–H groups in total. The van der Waals surface area contributed by atoms with E-state index < -0.39 is 0 Å². The third-order valence-electron chi connectivity index (χ3n) is 1.61. The summed E-state index contributed by atoms with van der Waals surface area (Å²) in [5.41, 5.74) is 0. The Labute approximate surface area is 66.0 Å². The molecule has 0 rings (SSSR count). The maximum Gasteiger partial charge on any atom is -0.0386 e. The van der Waals surface area contributed by atoms with Gasteiger partial charge in [-0.15, -0.1) is 0 Å². The van der Waals surface area contributed by atoms with Crippen LogP contribution in [0.4, 0.5) is 0 Å². The van der Waals surface area contributed by atoms with Gasteiger partial charge < -0.3 is 0 Å². The molecule has 59 valence electrons. The molecule has 0 saturated heterocycles. The molecule has 3 radical (unpaired) electrons. The van der Waals surface area contributed by atoms with Crippen LogP contribution in [-0.4, -0.2) is 0 Å². The monoisotopic (exact) mass is 139 g/mol. The normalized spacial score (nSPS) is 10.2. The van der Waals surface area contributed by atoms with E-state index in [-0.39, 0.29) is 0 Å². The molecule has 0 fully saturated rings. The lowest BCUT2D eigenvalue weighted by Crippen LogP contribution is -1.78. The first-order chi connectivity index (χ1) is 4.91. The van der Waals surface area contributed by atoms with Gasteiger partial charge in [0, 0.05) is 0 Å².